The van der Waals surface area contributed by atoms with Crippen LogP contribution in [0, 0.1) is 0 Å². The van der Waals surface area contributed by atoms with Crippen molar-refractivity contribution in [2.75, 3.05) is 36.8 Å². The Bertz CT molecular complexity index is 1080. The van der Waals surface area contributed by atoms with Gasteiger partial charge in [-0.15, -0.1) is 0 Å². The van der Waals surface area contributed by atoms with Crippen LogP contribution in [0.25, 0.3) is 0 Å². The molecule has 0 amide bonds. The van der Waals surface area contributed by atoms with Crippen molar-refractivity contribution in [1.82, 2.24) is 14.8 Å². The fourth-order valence-electron chi connectivity index (χ4n) is 5.53. The fourth-order valence-corrected chi connectivity index (χ4v) is 5.53. The summed E-state index contributed by atoms with van der Waals surface area (Å²) in [5, 5.41) is 6.78. The Hall–Kier alpha value is -2.58. The second kappa shape index (κ2) is 9.47. The van der Waals surface area contributed by atoms with Crippen molar-refractivity contribution in [2.45, 2.75) is 63.7 Å². The Kier molecular flexibility index (Phi) is 6.53. The topological polar surface area (TPSA) is 52.7 Å². The number of nitrogens with one attached hydrogen (secondary N) is 2. The predicted molar refractivity (Wildman–Crippen MR) is 140 cm³/mol. The van der Waals surface area contributed by atoms with Gasteiger partial charge in [-0.2, -0.15) is 0 Å². The highest BCUT2D eigenvalue weighted by Gasteiger charge is 2.40. The number of hydrogen-bond acceptors (Lipinski definition) is 6. The first-order chi connectivity index (χ1) is 16.7. The standard InChI is InChI=1S/C27H35BFN5O/c1-17-12-22-21(7-9-24-26(22)35-18(2)31-24)25(34(17)16-27(3,4)29)23-8-6-19(13-30-23)32-20-14-33(15-20)11-5-10-28/h6-9,13,17,20,25,31-32H,2,5,10-12,14-16H2,1,3-4H3/t17-,25?/m1/s1. The van der Waals surface area contributed by atoms with Gasteiger partial charge >= 0.3 is 0 Å². The largest absolute Gasteiger partial charge is 0.439 e. The number of aromatic nitrogens is 1. The van der Waals surface area contributed by atoms with Crippen molar-refractivity contribution >= 4 is 19.2 Å². The number of anilines is 2. The molecule has 184 valence electrons. The van der Waals surface area contributed by atoms with Gasteiger partial charge in [-0.25, -0.2) is 4.39 Å². The average Bonchev–Trinajstić information content (AvgIpc) is 3.16. The number of likely N-dealkylation sites (tertiary alicyclic amines) is 1. The van der Waals surface area contributed by atoms with Gasteiger partial charge in [0.1, 0.15) is 5.67 Å². The minimum Gasteiger partial charge on any atom is -0.439 e. The van der Waals surface area contributed by atoms with Gasteiger partial charge in [0.25, 0.3) is 0 Å². The number of rotatable bonds is 8. The van der Waals surface area contributed by atoms with Crippen LogP contribution in [0.1, 0.15) is 50.1 Å². The van der Waals surface area contributed by atoms with E-state index in [1.807, 2.05) is 12.3 Å². The van der Waals surface area contributed by atoms with Crippen LogP contribution in [0.15, 0.2) is 42.9 Å². The van der Waals surface area contributed by atoms with Crippen LogP contribution in [0.3, 0.4) is 0 Å². The maximum atomic E-state index is 14.9. The summed E-state index contributed by atoms with van der Waals surface area (Å²) < 4.78 is 20.9. The van der Waals surface area contributed by atoms with Crippen LogP contribution in [-0.4, -0.2) is 66.6 Å². The molecule has 0 aliphatic carbocycles. The monoisotopic (exact) mass is 475 g/mol. The van der Waals surface area contributed by atoms with Crippen LogP contribution in [0.4, 0.5) is 15.8 Å². The van der Waals surface area contributed by atoms with E-state index >= 15 is 0 Å². The molecule has 0 saturated carbocycles. The van der Waals surface area contributed by atoms with Crippen molar-refractivity contribution < 1.29 is 9.13 Å². The molecule has 1 unspecified atom stereocenters. The van der Waals surface area contributed by atoms with Crippen LogP contribution in [0.5, 0.6) is 5.75 Å². The molecule has 4 heterocycles. The molecule has 1 aromatic heterocycles. The summed E-state index contributed by atoms with van der Waals surface area (Å²) >= 11 is 0. The molecule has 6 nitrogen and oxygen atoms in total. The normalized spacial score (nSPS) is 22.7. The lowest BCUT2D eigenvalue weighted by molar-refractivity contribution is 0.0660. The highest BCUT2D eigenvalue weighted by atomic mass is 19.1. The Morgan fingerprint density at radius 1 is 1.29 bits per heavy atom. The Morgan fingerprint density at radius 3 is 2.77 bits per heavy atom. The Morgan fingerprint density at radius 2 is 2.09 bits per heavy atom. The smallest absolute Gasteiger partial charge is 0.190 e. The van der Waals surface area contributed by atoms with Crippen LogP contribution >= 0.6 is 0 Å². The number of nitrogens with zero attached hydrogens (tertiary/aromatic N) is 3. The van der Waals surface area contributed by atoms with Crippen molar-refractivity contribution in [2.24, 2.45) is 0 Å². The van der Waals surface area contributed by atoms with E-state index < -0.39 is 5.67 Å². The van der Waals surface area contributed by atoms with Crippen molar-refractivity contribution in [3.8, 4) is 5.75 Å². The molecule has 2 radical (unpaired) electrons. The van der Waals surface area contributed by atoms with E-state index in [0.29, 0.717) is 18.5 Å². The summed E-state index contributed by atoms with van der Waals surface area (Å²) in [7, 11) is 5.62. The van der Waals surface area contributed by atoms with Gasteiger partial charge in [0, 0.05) is 31.2 Å². The van der Waals surface area contributed by atoms with Crippen LogP contribution in [0.2, 0.25) is 6.32 Å². The van der Waals surface area contributed by atoms with E-state index in [0.717, 1.165) is 72.7 Å². The van der Waals surface area contributed by atoms with E-state index in [2.05, 4.69) is 52.1 Å². The quantitative estimate of drug-likeness (QED) is 0.548. The van der Waals surface area contributed by atoms with Crippen molar-refractivity contribution in [1.29, 1.82) is 0 Å². The van der Waals surface area contributed by atoms with E-state index in [-0.39, 0.29) is 12.1 Å². The molecule has 8 heteroatoms. The number of ether oxygens (including phenoxy) is 1. The summed E-state index contributed by atoms with van der Waals surface area (Å²) in [5.41, 5.74) is 3.80. The van der Waals surface area contributed by atoms with Crippen LogP contribution in [-0.2, 0) is 6.42 Å². The number of pyridine rings is 1. The minimum absolute atomic E-state index is 0.126. The predicted octanol–water partition coefficient (Wildman–Crippen LogP) is 4.51. The molecule has 1 saturated heterocycles. The lowest BCUT2D eigenvalue weighted by atomic mass is 9.85. The molecular weight excluding hydrogens is 440 g/mol. The van der Waals surface area contributed by atoms with Gasteiger partial charge < -0.3 is 15.4 Å². The number of hydrogen-bond donors (Lipinski definition) is 2. The van der Waals surface area contributed by atoms with Gasteiger partial charge in [-0.3, -0.25) is 14.8 Å². The molecule has 2 atom stereocenters. The average molecular weight is 475 g/mol. The molecule has 5 rings (SSSR count). The van der Waals surface area contributed by atoms with E-state index in [4.69, 9.17) is 17.6 Å². The highest BCUT2D eigenvalue weighted by Crippen LogP contribution is 2.47. The zero-order valence-electron chi connectivity index (χ0n) is 21.0. The zero-order chi connectivity index (χ0) is 24.7. The van der Waals surface area contributed by atoms with Gasteiger partial charge in [0.2, 0.25) is 0 Å². The molecule has 3 aliphatic heterocycles. The third kappa shape index (κ3) is 5.05. The lowest BCUT2D eigenvalue weighted by Gasteiger charge is -2.43. The minimum atomic E-state index is -1.32. The highest BCUT2D eigenvalue weighted by molar-refractivity contribution is 6.08. The third-order valence-electron chi connectivity index (χ3n) is 7.12. The molecule has 2 aromatic rings. The summed E-state index contributed by atoms with van der Waals surface area (Å²) in [6.07, 6.45) is 4.46. The van der Waals surface area contributed by atoms with E-state index in [1.165, 1.54) is 0 Å². The molecule has 1 fully saturated rings. The first-order valence-corrected chi connectivity index (χ1v) is 12.6. The molecule has 0 spiro atoms. The maximum absolute atomic E-state index is 14.9. The number of alkyl halides is 1. The van der Waals surface area contributed by atoms with Gasteiger partial charge in [-0.1, -0.05) is 12.4 Å². The van der Waals surface area contributed by atoms with Crippen molar-refractivity contribution in [3.63, 3.8) is 0 Å². The Balaban J connectivity index is 1.40. The molecule has 35 heavy (non-hydrogen) atoms. The maximum Gasteiger partial charge on any atom is 0.190 e. The molecule has 2 N–H and O–H groups in total. The summed E-state index contributed by atoms with van der Waals surface area (Å²) in [5.74, 6) is 1.38. The number of benzene rings is 1. The van der Waals surface area contributed by atoms with Crippen LogP contribution < -0.4 is 15.4 Å². The zero-order valence-corrected chi connectivity index (χ0v) is 21.0. The second-order valence-corrected chi connectivity index (χ2v) is 10.7. The van der Waals surface area contributed by atoms with E-state index in [9.17, 15) is 4.39 Å². The summed E-state index contributed by atoms with van der Waals surface area (Å²) in [6.45, 7) is 12.8. The van der Waals surface area contributed by atoms with Gasteiger partial charge in [-0.05, 0) is 70.5 Å². The van der Waals surface area contributed by atoms with Gasteiger partial charge in [0.15, 0.2) is 11.6 Å². The lowest BCUT2D eigenvalue weighted by Crippen LogP contribution is -2.54. The third-order valence-corrected chi connectivity index (χ3v) is 7.12. The van der Waals surface area contributed by atoms with Gasteiger partial charge in [0.05, 0.1) is 43.2 Å². The second-order valence-electron chi connectivity index (χ2n) is 10.7. The Labute approximate surface area is 209 Å². The molecule has 0 bridgehead atoms. The summed E-state index contributed by atoms with van der Waals surface area (Å²) in [4.78, 5) is 9.52. The number of fused-ring (bicyclic) bond motifs is 3. The van der Waals surface area contributed by atoms with E-state index in [1.54, 1.807) is 13.8 Å². The fraction of sp³-hybridized carbons (Fsp3) is 0.519. The molecule has 1 aromatic carbocycles. The van der Waals surface area contributed by atoms with Crippen molar-refractivity contribution in [3.05, 3.63) is 59.7 Å². The summed E-state index contributed by atoms with van der Waals surface area (Å²) in [6, 6.07) is 8.71. The number of halogens is 1. The SMILES string of the molecule is [B]CCCN1CC(Nc2ccc(C3c4ccc5c(c4C[C@@H](C)N3CC(C)(C)F)OC(=C)N5)nc2)C1. The first-order valence-electron chi connectivity index (χ1n) is 12.6. The molecular formula is C27H35BFN5O. The first kappa shape index (κ1) is 24.1. The molecule has 3 aliphatic rings.